The minimum Gasteiger partial charge on any atom is -0.320 e. The summed E-state index contributed by atoms with van der Waals surface area (Å²) in [7, 11) is 0. The van der Waals surface area contributed by atoms with Crippen molar-refractivity contribution in [1.29, 1.82) is 0 Å². The Labute approximate surface area is 227 Å². The first kappa shape index (κ1) is 29.1. The molecule has 1 aromatic heterocycles. The number of hydrogen-bond acceptors (Lipinski definition) is 3. The number of thiazole rings is 1. The summed E-state index contributed by atoms with van der Waals surface area (Å²) < 4.78 is 77.6. The number of hydrogen-bond donors (Lipinski definition) is 1. The van der Waals surface area contributed by atoms with E-state index in [1.165, 1.54) is 17.4 Å². The van der Waals surface area contributed by atoms with Crippen LogP contribution >= 0.6 is 11.3 Å². The zero-order valence-corrected chi connectivity index (χ0v) is 22.1. The van der Waals surface area contributed by atoms with Crippen LogP contribution in [-0.4, -0.2) is 17.1 Å². The van der Waals surface area contributed by atoms with Gasteiger partial charge in [0.1, 0.15) is 5.69 Å². The maximum atomic E-state index is 13.2. The van der Waals surface area contributed by atoms with Crippen molar-refractivity contribution in [2.24, 2.45) is 5.92 Å². The average Bonchev–Trinajstić information content (AvgIpc) is 3.41. The standard InChI is InChI=1S/C29H30F6N2OS/c30-28(31,32)16-15-19-7-1-2-9-20(10-5-8-19)27-37-25(18-39-27)26(38)36-24-14-4-3-13-23(24)21-11-6-12-22(17-21)29(33,34)35/h3-4,6,11-14,17-20H,1-2,5,7-10,15-16H2,(H,36,38). The molecule has 4 rings (SSSR count). The first-order chi connectivity index (χ1) is 18.5. The van der Waals surface area contributed by atoms with Crippen molar-refractivity contribution >= 4 is 22.9 Å². The SMILES string of the molecule is O=C(Nc1ccccc1-c1cccc(C(F)(F)F)c1)c1csc(C2CCCCC(CCC(F)(F)F)CCC2)n1. The van der Waals surface area contributed by atoms with E-state index in [2.05, 4.69) is 10.3 Å². The fraction of sp³-hybridized carbons (Fsp3) is 0.448. The zero-order chi connectivity index (χ0) is 28.0. The molecular formula is C29H30F6N2OS. The molecule has 1 saturated carbocycles. The quantitative estimate of drug-likeness (QED) is 0.301. The van der Waals surface area contributed by atoms with Gasteiger partial charge in [0.25, 0.3) is 5.91 Å². The van der Waals surface area contributed by atoms with Crippen molar-refractivity contribution < 1.29 is 31.1 Å². The Morgan fingerprint density at radius 3 is 2.41 bits per heavy atom. The predicted octanol–water partition coefficient (Wildman–Crippen LogP) is 9.87. The first-order valence-corrected chi connectivity index (χ1v) is 14.0. The number of benzene rings is 2. The van der Waals surface area contributed by atoms with Gasteiger partial charge in [-0.15, -0.1) is 11.3 Å². The second-order valence-corrected chi connectivity index (χ2v) is 11.0. The lowest BCUT2D eigenvalue weighted by Gasteiger charge is -2.17. The Bertz CT molecular complexity index is 1250. The summed E-state index contributed by atoms with van der Waals surface area (Å²) in [6, 6.07) is 11.6. The summed E-state index contributed by atoms with van der Waals surface area (Å²) in [5.74, 6) is -0.220. The van der Waals surface area contributed by atoms with Gasteiger partial charge in [0.05, 0.1) is 10.6 Å². The molecule has 2 atom stereocenters. The Hall–Kier alpha value is -2.88. The lowest BCUT2D eigenvalue weighted by atomic mass is 9.92. The molecule has 210 valence electrons. The molecule has 0 saturated heterocycles. The molecule has 3 aromatic rings. The number of alkyl halides is 6. The molecule has 1 heterocycles. The minimum atomic E-state index is -4.48. The van der Waals surface area contributed by atoms with E-state index in [9.17, 15) is 31.1 Å². The highest BCUT2D eigenvalue weighted by Gasteiger charge is 2.31. The second kappa shape index (κ2) is 12.5. The smallest absolute Gasteiger partial charge is 0.320 e. The summed E-state index contributed by atoms with van der Waals surface area (Å²) in [5, 5.41) is 5.31. The van der Waals surface area contributed by atoms with Gasteiger partial charge in [-0.25, -0.2) is 4.98 Å². The van der Waals surface area contributed by atoms with Crippen LogP contribution in [0.15, 0.2) is 53.9 Å². The highest BCUT2D eigenvalue weighted by molar-refractivity contribution is 7.10. The molecule has 39 heavy (non-hydrogen) atoms. The highest BCUT2D eigenvalue weighted by atomic mass is 32.1. The summed E-state index contributed by atoms with van der Waals surface area (Å²) in [5.41, 5.74) is 0.634. The third kappa shape index (κ3) is 8.30. The van der Waals surface area contributed by atoms with Crippen LogP contribution in [0.1, 0.15) is 84.8 Å². The molecule has 1 fully saturated rings. The normalized spacial score (nSPS) is 19.1. The average molecular weight is 569 g/mol. The van der Waals surface area contributed by atoms with E-state index in [1.807, 2.05) is 0 Å². The molecule has 0 bridgehead atoms. The molecule has 0 radical (unpaired) electrons. The monoisotopic (exact) mass is 568 g/mol. The zero-order valence-electron chi connectivity index (χ0n) is 21.2. The van der Waals surface area contributed by atoms with Gasteiger partial charge in [0, 0.05) is 29.0 Å². The van der Waals surface area contributed by atoms with Gasteiger partial charge in [-0.2, -0.15) is 26.3 Å². The molecule has 0 aliphatic heterocycles. The number of aromatic nitrogens is 1. The van der Waals surface area contributed by atoms with Crippen LogP contribution in [0.2, 0.25) is 0 Å². The number of carbonyl (C=O) groups is 1. The number of para-hydroxylation sites is 1. The fourth-order valence-electron chi connectivity index (χ4n) is 5.14. The van der Waals surface area contributed by atoms with Gasteiger partial charge >= 0.3 is 12.4 Å². The lowest BCUT2D eigenvalue weighted by molar-refractivity contribution is -0.138. The maximum absolute atomic E-state index is 13.2. The molecule has 1 N–H and O–H groups in total. The number of rotatable bonds is 6. The number of nitrogens with zero attached hydrogens (tertiary/aromatic N) is 1. The van der Waals surface area contributed by atoms with Gasteiger partial charge in [-0.3, -0.25) is 4.79 Å². The number of amides is 1. The molecule has 3 nitrogen and oxygen atoms in total. The lowest BCUT2D eigenvalue weighted by Crippen LogP contribution is -2.13. The Kier molecular flexibility index (Phi) is 9.35. The van der Waals surface area contributed by atoms with Crippen LogP contribution in [0, 0.1) is 5.92 Å². The van der Waals surface area contributed by atoms with Crippen molar-refractivity contribution in [2.45, 2.75) is 76.1 Å². The molecular weight excluding hydrogens is 538 g/mol. The van der Waals surface area contributed by atoms with Crippen LogP contribution in [0.25, 0.3) is 11.1 Å². The molecule has 10 heteroatoms. The topological polar surface area (TPSA) is 42.0 Å². The number of carbonyl (C=O) groups excluding carboxylic acids is 1. The van der Waals surface area contributed by atoms with Crippen LogP contribution in [-0.2, 0) is 6.18 Å². The van der Waals surface area contributed by atoms with Crippen LogP contribution in [0.3, 0.4) is 0 Å². The van der Waals surface area contributed by atoms with E-state index in [0.717, 1.165) is 62.1 Å². The van der Waals surface area contributed by atoms with Gasteiger partial charge in [0.2, 0.25) is 0 Å². The first-order valence-electron chi connectivity index (χ1n) is 13.1. The predicted molar refractivity (Wildman–Crippen MR) is 141 cm³/mol. The number of anilines is 1. The van der Waals surface area contributed by atoms with Crippen molar-refractivity contribution in [1.82, 2.24) is 4.98 Å². The fourth-order valence-corrected chi connectivity index (χ4v) is 6.11. The molecule has 1 aliphatic rings. The van der Waals surface area contributed by atoms with E-state index in [1.54, 1.807) is 35.7 Å². The van der Waals surface area contributed by atoms with Gasteiger partial charge in [-0.05, 0) is 48.9 Å². The van der Waals surface area contributed by atoms with E-state index >= 15 is 0 Å². The molecule has 1 aliphatic carbocycles. The van der Waals surface area contributed by atoms with Gasteiger partial charge < -0.3 is 5.32 Å². The van der Waals surface area contributed by atoms with Gasteiger partial charge in [0.15, 0.2) is 0 Å². The van der Waals surface area contributed by atoms with E-state index in [0.29, 0.717) is 16.8 Å². The summed E-state index contributed by atoms with van der Waals surface area (Å²) in [6.45, 7) is 0. The third-order valence-corrected chi connectivity index (χ3v) is 8.20. The minimum absolute atomic E-state index is 0.0832. The number of nitrogens with one attached hydrogen (secondary N) is 1. The Morgan fingerprint density at radius 1 is 0.923 bits per heavy atom. The second-order valence-electron chi connectivity index (χ2n) is 10.1. The number of halogens is 6. The molecule has 1 amide bonds. The summed E-state index contributed by atoms with van der Waals surface area (Å²) in [4.78, 5) is 17.6. The van der Waals surface area contributed by atoms with Crippen molar-refractivity contribution in [3.8, 4) is 11.1 Å². The van der Waals surface area contributed by atoms with Crippen LogP contribution in [0.4, 0.5) is 32.0 Å². The Balaban J connectivity index is 1.42. The van der Waals surface area contributed by atoms with Crippen LogP contribution < -0.4 is 5.32 Å². The molecule has 2 unspecified atom stereocenters. The highest BCUT2D eigenvalue weighted by Crippen LogP contribution is 2.37. The van der Waals surface area contributed by atoms with E-state index in [4.69, 9.17) is 0 Å². The van der Waals surface area contributed by atoms with Crippen molar-refractivity contribution in [3.63, 3.8) is 0 Å². The summed E-state index contributed by atoms with van der Waals surface area (Å²) in [6.07, 6.45) is -3.30. The largest absolute Gasteiger partial charge is 0.416 e. The van der Waals surface area contributed by atoms with Gasteiger partial charge in [-0.1, -0.05) is 62.4 Å². The van der Waals surface area contributed by atoms with Crippen molar-refractivity contribution in [2.75, 3.05) is 5.32 Å². The summed E-state index contributed by atoms with van der Waals surface area (Å²) >= 11 is 1.39. The van der Waals surface area contributed by atoms with E-state index in [-0.39, 0.29) is 24.0 Å². The third-order valence-electron chi connectivity index (χ3n) is 7.20. The Morgan fingerprint density at radius 2 is 1.64 bits per heavy atom. The van der Waals surface area contributed by atoms with E-state index < -0.39 is 30.2 Å². The van der Waals surface area contributed by atoms with Crippen molar-refractivity contribution in [3.05, 3.63) is 70.2 Å². The molecule has 2 aromatic carbocycles. The van der Waals surface area contributed by atoms with Crippen LogP contribution in [0.5, 0.6) is 0 Å². The maximum Gasteiger partial charge on any atom is 0.416 e. The molecule has 0 spiro atoms.